The van der Waals surface area contributed by atoms with Crippen LogP contribution in [0.15, 0.2) is 18.2 Å². The Morgan fingerprint density at radius 3 is 2.74 bits per heavy atom. The normalized spacial score (nSPS) is 12.2. The van der Waals surface area contributed by atoms with Gasteiger partial charge in [0.15, 0.2) is 0 Å². The first-order valence-corrected chi connectivity index (χ1v) is 6.90. The van der Waals surface area contributed by atoms with Crippen molar-refractivity contribution in [1.82, 2.24) is 0 Å². The zero-order chi connectivity index (χ0) is 14.1. The van der Waals surface area contributed by atoms with Crippen molar-refractivity contribution in [2.75, 3.05) is 32.2 Å². The molecule has 3 N–H and O–H groups in total. The Hall–Kier alpha value is -1.26. The van der Waals surface area contributed by atoms with Gasteiger partial charge in [0, 0.05) is 18.8 Å². The van der Waals surface area contributed by atoms with Gasteiger partial charge in [-0.3, -0.25) is 0 Å². The van der Waals surface area contributed by atoms with E-state index in [2.05, 4.69) is 24.4 Å². The van der Waals surface area contributed by atoms with Crippen LogP contribution < -0.4 is 15.8 Å². The zero-order valence-electron chi connectivity index (χ0n) is 12.2. The average molecular weight is 266 g/mol. The number of nitrogens with one attached hydrogen (secondary N) is 1. The van der Waals surface area contributed by atoms with Crippen LogP contribution in [0.25, 0.3) is 0 Å². The molecule has 0 aliphatic rings. The number of anilines is 1. The summed E-state index contributed by atoms with van der Waals surface area (Å²) in [5, 5.41) is 3.52. The summed E-state index contributed by atoms with van der Waals surface area (Å²) in [5.74, 6) is 0.913. The lowest BCUT2D eigenvalue weighted by Gasteiger charge is -2.20. The minimum Gasteiger partial charge on any atom is -0.494 e. The van der Waals surface area contributed by atoms with Crippen LogP contribution in [-0.2, 0) is 4.74 Å². The van der Waals surface area contributed by atoms with Gasteiger partial charge in [-0.05, 0) is 57.0 Å². The van der Waals surface area contributed by atoms with Crippen LogP contribution in [-0.4, -0.2) is 32.9 Å². The van der Waals surface area contributed by atoms with Crippen LogP contribution in [0.3, 0.4) is 0 Å². The number of hydrogen-bond acceptors (Lipinski definition) is 4. The van der Waals surface area contributed by atoms with Gasteiger partial charge in [-0.25, -0.2) is 0 Å². The molecular weight excluding hydrogens is 240 g/mol. The van der Waals surface area contributed by atoms with Crippen LogP contribution in [0.2, 0.25) is 0 Å². The Morgan fingerprint density at radius 1 is 1.37 bits per heavy atom. The molecule has 0 saturated carbocycles. The SMILES string of the molecule is CCOc1ccc(NC(CCCN)COC)c(C)c1. The third-order valence-electron chi connectivity index (χ3n) is 2.99. The lowest BCUT2D eigenvalue weighted by molar-refractivity contribution is 0.182. The Kier molecular flexibility index (Phi) is 7.30. The molecular formula is C15H26N2O2. The summed E-state index contributed by atoms with van der Waals surface area (Å²) in [6, 6.07) is 6.40. The van der Waals surface area contributed by atoms with Crippen molar-refractivity contribution in [3.63, 3.8) is 0 Å². The first-order valence-electron chi connectivity index (χ1n) is 6.90. The highest BCUT2D eigenvalue weighted by molar-refractivity contribution is 5.54. The second kappa shape index (κ2) is 8.77. The van der Waals surface area contributed by atoms with Crippen LogP contribution in [0.4, 0.5) is 5.69 Å². The summed E-state index contributed by atoms with van der Waals surface area (Å²) in [6.07, 6.45) is 2.01. The Bertz CT molecular complexity index is 369. The molecule has 0 radical (unpaired) electrons. The van der Waals surface area contributed by atoms with Crippen LogP contribution in [0.5, 0.6) is 5.75 Å². The fourth-order valence-corrected chi connectivity index (χ4v) is 2.04. The summed E-state index contributed by atoms with van der Waals surface area (Å²) < 4.78 is 10.7. The van der Waals surface area contributed by atoms with Gasteiger partial charge in [-0.15, -0.1) is 0 Å². The highest BCUT2D eigenvalue weighted by Crippen LogP contribution is 2.22. The fraction of sp³-hybridized carbons (Fsp3) is 0.600. The highest BCUT2D eigenvalue weighted by atomic mass is 16.5. The van der Waals surface area contributed by atoms with Crippen molar-refractivity contribution in [3.05, 3.63) is 23.8 Å². The molecule has 0 saturated heterocycles. The van der Waals surface area contributed by atoms with Crippen LogP contribution >= 0.6 is 0 Å². The summed E-state index contributed by atoms with van der Waals surface area (Å²) >= 11 is 0. The molecule has 1 rings (SSSR count). The van der Waals surface area contributed by atoms with Gasteiger partial charge >= 0.3 is 0 Å². The number of hydrogen-bond donors (Lipinski definition) is 2. The van der Waals surface area contributed by atoms with Gasteiger partial charge in [-0.1, -0.05) is 0 Å². The van der Waals surface area contributed by atoms with E-state index in [0.29, 0.717) is 25.8 Å². The first kappa shape index (κ1) is 15.8. The van der Waals surface area contributed by atoms with Gasteiger partial charge in [0.2, 0.25) is 0 Å². The number of methoxy groups -OCH3 is 1. The standard InChI is InChI=1S/C15H26N2O2/c1-4-19-14-7-8-15(12(2)10-14)17-13(11-18-3)6-5-9-16/h7-8,10,13,17H,4-6,9,11,16H2,1-3H3. The second-order valence-electron chi connectivity index (χ2n) is 4.64. The molecule has 4 heteroatoms. The van der Waals surface area contributed by atoms with E-state index in [9.17, 15) is 0 Å². The van der Waals surface area contributed by atoms with E-state index in [-0.39, 0.29) is 0 Å². The van der Waals surface area contributed by atoms with Crippen molar-refractivity contribution in [2.24, 2.45) is 5.73 Å². The Morgan fingerprint density at radius 2 is 2.16 bits per heavy atom. The van der Waals surface area contributed by atoms with Gasteiger partial charge in [-0.2, -0.15) is 0 Å². The van der Waals surface area contributed by atoms with E-state index < -0.39 is 0 Å². The number of rotatable bonds is 9. The average Bonchev–Trinajstić information content (AvgIpc) is 2.39. The maximum atomic E-state index is 5.56. The fourth-order valence-electron chi connectivity index (χ4n) is 2.04. The summed E-state index contributed by atoms with van der Waals surface area (Å²) in [5.41, 5.74) is 7.87. The Balaban J connectivity index is 2.67. The van der Waals surface area contributed by atoms with Crippen molar-refractivity contribution < 1.29 is 9.47 Å². The van der Waals surface area contributed by atoms with Crippen molar-refractivity contribution >= 4 is 5.69 Å². The molecule has 0 aliphatic carbocycles. The minimum atomic E-state index is 0.296. The summed E-state index contributed by atoms with van der Waals surface area (Å²) in [6.45, 7) is 6.16. The van der Waals surface area contributed by atoms with Gasteiger partial charge in [0.05, 0.1) is 13.2 Å². The molecule has 108 valence electrons. The molecule has 19 heavy (non-hydrogen) atoms. The maximum Gasteiger partial charge on any atom is 0.119 e. The predicted octanol–water partition coefficient (Wildman–Crippen LogP) is 2.56. The van der Waals surface area contributed by atoms with Gasteiger partial charge in [0.25, 0.3) is 0 Å². The molecule has 0 amide bonds. The van der Waals surface area contributed by atoms with Crippen LogP contribution in [0.1, 0.15) is 25.3 Å². The minimum absolute atomic E-state index is 0.296. The van der Waals surface area contributed by atoms with E-state index >= 15 is 0 Å². The second-order valence-corrected chi connectivity index (χ2v) is 4.64. The highest BCUT2D eigenvalue weighted by Gasteiger charge is 2.09. The number of benzene rings is 1. The molecule has 0 spiro atoms. The molecule has 1 atom stereocenters. The number of ether oxygens (including phenoxy) is 2. The topological polar surface area (TPSA) is 56.5 Å². The largest absolute Gasteiger partial charge is 0.494 e. The zero-order valence-corrected chi connectivity index (χ0v) is 12.2. The van der Waals surface area contributed by atoms with Crippen LogP contribution in [0, 0.1) is 6.92 Å². The summed E-state index contributed by atoms with van der Waals surface area (Å²) in [7, 11) is 1.72. The Labute approximate surface area is 116 Å². The third-order valence-corrected chi connectivity index (χ3v) is 2.99. The smallest absolute Gasteiger partial charge is 0.119 e. The van der Waals surface area contributed by atoms with E-state index in [4.69, 9.17) is 15.2 Å². The predicted molar refractivity (Wildman–Crippen MR) is 79.9 cm³/mol. The molecule has 0 fully saturated rings. The molecule has 4 nitrogen and oxygen atoms in total. The van der Waals surface area contributed by atoms with E-state index in [1.54, 1.807) is 7.11 Å². The van der Waals surface area contributed by atoms with Gasteiger partial charge < -0.3 is 20.5 Å². The van der Waals surface area contributed by atoms with Crippen molar-refractivity contribution in [1.29, 1.82) is 0 Å². The van der Waals surface area contributed by atoms with Crippen molar-refractivity contribution in [3.8, 4) is 5.75 Å². The third kappa shape index (κ3) is 5.49. The molecule has 0 aliphatic heterocycles. The number of aryl methyl sites for hydroxylation is 1. The molecule has 0 aromatic heterocycles. The lowest BCUT2D eigenvalue weighted by Crippen LogP contribution is -2.26. The molecule has 1 aromatic rings. The molecule has 1 aromatic carbocycles. The van der Waals surface area contributed by atoms with Crippen molar-refractivity contribution in [2.45, 2.75) is 32.7 Å². The lowest BCUT2D eigenvalue weighted by atomic mass is 10.1. The summed E-state index contributed by atoms with van der Waals surface area (Å²) in [4.78, 5) is 0. The van der Waals surface area contributed by atoms with Gasteiger partial charge in [0.1, 0.15) is 5.75 Å². The van der Waals surface area contributed by atoms with E-state index in [1.807, 2.05) is 13.0 Å². The van der Waals surface area contributed by atoms with E-state index in [1.165, 1.54) is 5.56 Å². The molecule has 0 bridgehead atoms. The molecule has 1 unspecified atom stereocenters. The van der Waals surface area contributed by atoms with E-state index in [0.717, 1.165) is 24.3 Å². The molecule has 0 heterocycles. The first-order chi connectivity index (χ1) is 9.21. The number of nitrogens with two attached hydrogens (primary N) is 1. The maximum absolute atomic E-state index is 5.56. The quantitative estimate of drug-likeness (QED) is 0.721. The monoisotopic (exact) mass is 266 g/mol.